The number of aromatic nitrogens is 4. The van der Waals surface area contributed by atoms with E-state index in [-0.39, 0.29) is 11.7 Å². The van der Waals surface area contributed by atoms with Crippen LogP contribution in [0.25, 0.3) is 17.1 Å². The molecule has 2 heterocycles. The molecule has 0 unspecified atom stereocenters. The number of aryl methyl sites for hydroxylation is 2. The summed E-state index contributed by atoms with van der Waals surface area (Å²) in [6, 6.07) is 19.7. The van der Waals surface area contributed by atoms with Gasteiger partial charge in [-0.3, -0.25) is 14.3 Å². The summed E-state index contributed by atoms with van der Waals surface area (Å²) in [6.45, 7) is 4.89. The molecule has 7 nitrogen and oxygen atoms in total. The molecule has 0 saturated heterocycles. The molecular weight excluding hydrogens is 434 g/mol. The third-order valence-electron chi connectivity index (χ3n) is 4.92. The van der Waals surface area contributed by atoms with Crippen LogP contribution in [-0.4, -0.2) is 44.6 Å². The molecule has 0 saturated carbocycles. The number of ether oxygens (including phenoxy) is 1. The van der Waals surface area contributed by atoms with E-state index in [2.05, 4.69) is 20.5 Å². The number of benzene rings is 2. The van der Waals surface area contributed by atoms with Crippen molar-refractivity contribution < 1.29 is 9.53 Å². The van der Waals surface area contributed by atoms with E-state index >= 15 is 0 Å². The average Bonchev–Trinajstić information content (AvgIpc) is 3.25. The van der Waals surface area contributed by atoms with E-state index in [1.54, 1.807) is 12.4 Å². The van der Waals surface area contributed by atoms with Crippen LogP contribution in [0.2, 0.25) is 0 Å². The van der Waals surface area contributed by atoms with E-state index in [0.29, 0.717) is 24.1 Å². The predicted octanol–water partition coefficient (Wildman–Crippen LogP) is 4.23. The zero-order chi connectivity index (χ0) is 23.0. The molecule has 0 aliphatic heterocycles. The van der Waals surface area contributed by atoms with Gasteiger partial charge in [-0.15, -0.1) is 10.2 Å². The molecule has 4 aromatic rings. The van der Waals surface area contributed by atoms with Gasteiger partial charge in [-0.25, -0.2) is 0 Å². The van der Waals surface area contributed by atoms with Gasteiger partial charge < -0.3 is 10.1 Å². The number of pyridine rings is 1. The first-order valence-corrected chi connectivity index (χ1v) is 11.6. The Morgan fingerprint density at radius 3 is 2.73 bits per heavy atom. The summed E-state index contributed by atoms with van der Waals surface area (Å²) in [5.41, 5.74) is 4.05. The summed E-state index contributed by atoms with van der Waals surface area (Å²) < 4.78 is 7.67. The first-order valence-electron chi connectivity index (χ1n) is 10.6. The third kappa shape index (κ3) is 5.78. The lowest BCUT2D eigenvalue weighted by Gasteiger charge is -2.13. The number of nitrogens with one attached hydrogen (secondary N) is 1. The van der Waals surface area contributed by atoms with Crippen LogP contribution in [0.1, 0.15) is 11.1 Å². The molecule has 0 atom stereocenters. The second-order valence-electron chi connectivity index (χ2n) is 7.47. The lowest BCUT2D eigenvalue weighted by Crippen LogP contribution is -2.29. The van der Waals surface area contributed by atoms with Gasteiger partial charge in [-0.2, -0.15) is 0 Å². The van der Waals surface area contributed by atoms with Crippen LogP contribution in [0.5, 0.6) is 5.75 Å². The minimum atomic E-state index is -0.0879. The standard InChI is InChI=1S/C25H25N5O2S/c1-18-7-5-10-21(15-18)32-14-13-27-23(31)17-33-25-29-28-24(20-9-6-12-26-16-20)30(25)22-11-4-3-8-19(22)2/h3-12,15-16H,13-14,17H2,1-2H3,(H,27,31). The second-order valence-corrected chi connectivity index (χ2v) is 8.42. The Hall–Kier alpha value is -3.65. The van der Waals surface area contributed by atoms with E-state index in [0.717, 1.165) is 28.1 Å². The van der Waals surface area contributed by atoms with E-state index in [9.17, 15) is 4.79 Å². The predicted molar refractivity (Wildman–Crippen MR) is 130 cm³/mol. The van der Waals surface area contributed by atoms with E-state index in [1.807, 2.05) is 79.1 Å². The van der Waals surface area contributed by atoms with Gasteiger partial charge in [0.25, 0.3) is 0 Å². The summed E-state index contributed by atoms with van der Waals surface area (Å²) in [4.78, 5) is 16.6. The average molecular weight is 460 g/mol. The molecule has 0 aliphatic rings. The van der Waals surface area contributed by atoms with Crippen molar-refractivity contribution in [3.63, 3.8) is 0 Å². The zero-order valence-corrected chi connectivity index (χ0v) is 19.4. The quantitative estimate of drug-likeness (QED) is 0.298. The summed E-state index contributed by atoms with van der Waals surface area (Å²) in [5, 5.41) is 12.3. The van der Waals surface area contributed by atoms with Crippen molar-refractivity contribution in [2.24, 2.45) is 0 Å². The second kappa shape index (κ2) is 10.8. The molecule has 0 fully saturated rings. The molecule has 2 aromatic carbocycles. The largest absolute Gasteiger partial charge is 0.492 e. The molecule has 2 aromatic heterocycles. The Kier molecular flexibility index (Phi) is 7.36. The van der Waals surface area contributed by atoms with Crippen LogP contribution < -0.4 is 10.1 Å². The fraction of sp³-hybridized carbons (Fsp3) is 0.200. The molecule has 8 heteroatoms. The van der Waals surface area contributed by atoms with Crippen LogP contribution >= 0.6 is 11.8 Å². The van der Waals surface area contributed by atoms with Crippen molar-refractivity contribution >= 4 is 17.7 Å². The Labute approximate surface area is 197 Å². The highest BCUT2D eigenvalue weighted by Gasteiger charge is 2.18. The van der Waals surface area contributed by atoms with Gasteiger partial charge in [-0.05, 0) is 55.3 Å². The van der Waals surface area contributed by atoms with Gasteiger partial charge in [0.15, 0.2) is 11.0 Å². The Bertz CT molecular complexity index is 1230. The van der Waals surface area contributed by atoms with Crippen molar-refractivity contribution in [2.75, 3.05) is 18.9 Å². The van der Waals surface area contributed by atoms with Crippen molar-refractivity contribution in [3.8, 4) is 22.8 Å². The fourth-order valence-electron chi connectivity index (χ4n) is 3.32. The molecule has 0 bridgehead atoms. The number of nitrogens with zero attached hydrogens (tertiary/aromatic N) is 4. The first-order chi connectivity index (χ1) is 16.1. The highest BCUT2D eigenvalue weighted by atomic mass is 32.2. The SMILES string of the molecule is Cc1cccc(OCCNC(=O)CSc2nnc(-c3cccnc3)n2-c2ccccc2C)c1. The lowest BCUT2D eigenvalue weighted by atomic mass is 10.2. The number of hydrogen-bond donors (Lipinski definition) is 1. The van der Waals surface area contributed by atoms with Crippen LogP contribution in [0.3, 0.4) is 0 Å². The maximum atomic E-state index is 12.4. The smallest absolute Gasteiger partial charge is 0.230 e. The number of carbonyl (C=O) groups excluding carboxylic acids is 1. The summed E-state index contributed by atoms with van der Waals surface area (Å²) in [6.07, 6.45) is 3.48. The molecule has 0 aliphatic carbocycles. The summed E-state index contributed by atoms with van der Waals surface area (Å²) >= 11 is 1.35. The molecule has 1 amide bonds. The number of carbonyl (C=O) groups is 1. The molecule has 0 spiro atoms. The van der Waals surface area contributed by atoms with Gasteiger partial charge >= 0.3 is 0 Å². The van der Waals surface area contributed by atoms with Crippen LogP contribution in [0.15, 0.2) is 78.2 Å². The molecular formula is C25H25N5O2S. The molecule has 1 N–H and O–H groups in total. The molecule has 168 valence electrons. The van der Waals surface area contributed by atoms with Crippen molar-refractivity contribution in [1.29, 1.82) is 0 Å². The molecule has 33 heavy (non-hydrogen) atoms. The highest BCUT2D eigenvalue weighted by Crippen LogP contribution is 2.29. The summed E-state index contributed by atoms with van der Waals surface area (Å²) in [7, 11) is 0. The van der Waals surface area contributed by atoms with E-state index < -0.39 is 0 Å². The number of rotatable bonds is 9. The monoisotopic (exact) mass is 459 g/mol. The minimum absolute atomic E-state index is 0.0879. The van der Waals surface area contributed by atoms with Gasteiger partial charge in [0.05, 0.1) is 18.0 Å². The van der Waals surface area contributed by atoms with Gasteiger partial charge in [-0.1, -0.05) is 42.1 Å². The van der Waals surface area contributed by atoms with E-state index in [4.69, 9.17) is 4.74 Å². The van der Waals surface area contributed by atoms with Crippen LogP contribution in [-0.2, 0) is 4.79 Å². The molecule has 0 radical (unpaired) electrons. The normalized spacial score (nSPS) is 10.7. The first kappa shape index (κ1) is 22.5. The number of thioether (sulfide) groups is 1. The van der Waals surface area contributed by atoms with Crippen molar-refractivity contribution in [1.82, 2.24) is 25.1 Å². The Morgan fingerprint density at radius 2 is 1.94 bits per heavy atom. The fourth-order valence-corrected chi connectivity index (χ4v) is 4.10. The number of hydrogen-bond acceptors (Lipinski definition) is 6. The summed E-state index contributed by atoms with van der Waals surface area (Å²) in [5.74, 6) is 1.62. The number of para-hydroxylation sites is 1. The van der Waals surface area contributed by atoms with Gasteiger partial charge in [0.1, 0.15) is 12.4 Å². The number of amides is 1. The maximum Gasteiger partial charge on any atom is 0.230 e. The van der Waals surface area contributed by atoms with Gasteiger partial charge in [0, 0.05) is 18.0 Å². The van der Waals surface area contributed by atoms with Crippen molar-refractivity contribution in [3.05, 3.63) is 84.2 Å². The Balaban J connectivity index is 1.41. The lowest BCUT2D eigenvalue weighted by molar-refractivity contribution is -0.118. The Morgan fingerprint density at radius 1 is 1.06 bits per heavy atom. The topological polar surface area (TPSA) is 81.9 Å². The molecule has 4 rings (SSSR count). The zero-order valence-electron chi connectivity index (χ0n) is 18.6. The maximum absolute atomic E-state index is 12.4. The third-order valence-corrected chi connectivity index (χ3v) is 5.85. The van der Waals surface area contributed by atoms with Crippen molar-refractivity contribution in [2.45, 2.75) is 19.0 Å². The van der Waals surface area contributed by atoms with E-state index in [1.165, 1.54) is 11.8 Å². The highest BCUT2D eigenvalue weighted by molar-refractivity contribution is 7.99. The van der Waals surface area contributed by atoms with Crippen LogP contribution in [0.4, 0.5) is 0 Å². The van der Waals surface area contributed by atoms with Crippen LogP contribution in [0, 0.1) is 13.8 Å². The van der Waals surface area contributed by atoms with Gasteiger partial charge in [0.2, 0.25) is 5.91 Å². The minimum Gasteiger partial charge on any atom is -0.492 e.